The molecule has 2 unspecified atom stereocenters. The minimum absolute atomic E-state index is 0. The number of aliphatic hydroxyl groups is 1. The van der Waals surface area contributed by atoms with Crippen molar-refractivity contribution in [2.45, 2.75) is 5.85 Å². The van der Waals surface area contributed by atoms with Gasteiger partial charge in [-0.25, -0.2) is 0 Å². The Morgan fingerprint density at radius 1 is 1.31 bits per heavy atom. The topological polar surface area (TPSA) is 89.0 Å². The summed E-state index contributed by atoms with van der Waals surface area (Å²) >= 11 is 0. The Labute approximate surface area is 101 Å². The molecule has 68 valence electrons. The van der Waals surface area contributed by atoms with Gasteiger partial charge in [0.15, 0.2) is 0 Å². The molecule has 0 radical (unpaired) electrons. The predicted octanol–water partition coefficient (Wildman–Crippen LogP) is -2.30. The van der Waals surface area contributed by atoms with E-state index >= 15 is 0 Å². The maximum atomic E-state index is 10.4. The first kappa shape index (κ1) is 15.7. The van der Waals surface area contributed by atoms with Gasteiger partial charge in [-0.3, -0.25) is 0 Å². The zero-order chi connectivity index (χ0) is 8.27. The molecule has 4 N–H and O–H groups in total. The van der Waals surface area contributed by atoms with Gasteiger partial charge < -0.3 is 12.0 Å². The van der Waals surface area contributed by atoms with Crippen molar-refractivity contribution in [3.8, 4) is 0 Å². The van der Waals surface area contributed by atoms with E-state index in [1.165, 1.54) is 0 Å². The van der Waals surface area contributed by atoms with Gasteiger partial charge in [-0.05, 0) is 4.57 Å². The summed E-state index contributed by atoms with van der Waals surface area (Å²) in [6.45, 7) is 0. The molecule has 1 aromatic rings. The summed E-state index contributed by atoms with van der Waals surface area (Å²) in [4.78, 5) is 8.53. The number of rotatable bonds is 2. The average Bonchev–Trinajstić information content (AvgIpc) is 2.05. The van der Waals surface area contributed by atoms with Crippen molar-refractivity contribution in [2.75, 3.05) is 0 Å². The van der Waals surface area contributed by atoms with Crippen LogP contribution in [0.15, 0.2) is 30.3 Å². The second kappa shape index (κ2) is 7.59. The molecule has 0 spiro atoms. The molecule has 13 heavy (non-hydrogen) atoms. The van der Waals surface area contributed by atoms with E-state index in [0.29, 0.717) is 5.56 Å². The van der Waals surface area contributed by atoms with Gasteiger partial charge in [-0.2, -0.15) is 4.89 Å². The van der Waals surface area contributed by atoms with Crippen LogP contribution in [0.1, 0.15) is 12.8 Å². The molecule has 0 aliphatic carbocycles. The van der Waals surface area contributed by atoms with E-state index < -0.39 is 13.9 Å². The molecular formula is C7H11NaO4P+. The standard InChI is InChI=1S/C7H7O3P.Na.H2O.H/c8-7(11(9)10)6-4-2-1-3-5-6;;;/h1-5,7-8H;;1H2;/q;+1;;-1/p+1. The van der Waals surface area contributed by atoms with Gasteiger partial charge in [0, 0.05) is 5.56 Å². The van der Waals surface area contributed by atoms with Crippen molar-refractivity contribution in [3.63, 3.8) is 0 Å². The van der Waals surface area contributed by atoms with Gasteiger partial charge in [0.2, 0.25) is 0 Å². The van der Waals surface area contributed by atoms with E-state index in [1.807, 2.05) is 0 Å². The van der Waals surface area contributed by atoms with Crippen LogP contribution in [0.2, 0.25) is 0 Å². The summed E-state index contributed by atoms with van der Waals surface area (Å²) < 4.78 is 10.4. The Balaban J connectivity index is -0.000000403. The van der Waals surface area contributed by atoms with Gasteiger partial charge in [0.1, 0.15) is 0 Å². The van der Waals surface area contributed by atoms with E-state index in [9.17, 15) is 4.57 Å². The molecule has 0 amide bonds. The predicted molar refractivity (Wildman–Crippen MR) is 46.0 cm³/mol. The normalized spacial score (nSPS) is 12.0. The van der Waals surface area contributed by atoms with Gasteiger partial charge in [0.25, 0.3) is 0 Å². The van der Waals surface area contributed by atoms with Gasteiger partial charge in [-0.1, -0.05) is 30.3 Å². The summed E-state index contributed by atoms with van der Waals surface area (Å²) in [7, 11) is -2.53. The number of hydrogen-bond donors (Lipinski definition) is 2. The molecule has 0 saturated carbocycles. The molecule has 1 aromatic carbocycles. The van der Waals surface area contributed by atoms with E-state index in [1.54, 1.807) is 30.3 Å². The first-order valence-electron chi connectivity index (χ1n) is 3.10. The first-order valence-corrected chi connectivity index (χ1v) is 4.38. The molecule has 6 heteroatoms. The quantitative estimate of drug-likeness (QED) is 0.428. The Kier molecular flexibility index (Phi) is 9.14. The SMILES string of the molecule is O.O=[P+](O)C(O)c1ccccc1.[H-].[Na+]. The van der Waals surface area contributed by atoms with Gasteiger partial charge >= 0.3 is 43.4 Å². The fraction of sp³-hybridized carbons (Fsp3) is 0.143. The van der Waals surface area contributed by atoms with Crippen LogP contribution in [0.25, 0.3) is 0 Å². The van der Waals surface area contributed by atoms with E-state index in [4.69, 9.17) is 10.00 Å². The first-order chi connectivity index (χ1) is 5.22. The molecule has 2 atom stereocenters. The van der Waals surface area contributed by atoms with Crippen molar-refractivity contribution in [1.82, 2.24) is 0 Å². The molecule has 0 aliphatic rings. The molecule has 0 bridgehead atoms. The van der Waals surface area contributed by atoms with Crippen molar-refractivity contribution < 1.29 is 51.0 Å². The van der Waals surface area contributed by atoms with E-state index in [-0.39, 0.29) is 36.5 Å². The Bertz CT molecular complexity index is 259. The van der Waals surface area contributed by atoms with Crippen molar-refractivity contribution in [2.24, 2.45) is 0 Å². The maximum Gasteiger partial charge on any atom is 1.00 e. The number of benzene rings is 1. The fourth-order valence-electron chi connectivity index (χ4n) is 0.753. The van der Waals surface area contributed by atoms with E-state index in [0.717, 1.165) is 0 Å². The van der Waals surface area contributed by atoms with Crippen LogP contribution in [-0.4, -0.2) is 15.5 Å². The average molecular weight is 213 g/mol. The smallest absolute Gasteiger partial charge is 1.00 e. The summed E-state index contributed by atoms with van der Waals surface area (Å²) in [5.41, 5.74) is 0.469. The zero-order valence-electron chi connectivity index (χ0n) is 8.21. The minimum Gasteiger partial charge on any atom is -1.00 e. The maximum absolute atomic E-state index is 10.4. The Hall–Kier alpha value is 0.200. The molecule has 4 nitrogen and oxygen atoms in total. The molecule has 0 fully saturated rings. The van der Waals surface area contributed by atoms with E-state index in [2.05, 4.69) is 0 Å². The third-order valence-electron chi connectivity index (χ3n) is 1.31. The van der Waals surface area contributed by atoms with Crippen LogP contribution < -0.4 is 29.6 Å². The zero-order valence-corrected chi connectivity index (χ0v) is 10.1. The summed E-state index contributed by atoms with van der Waals surface area (Å²) in [5, 5.41) is 9.06. The fourth-order valence-corrected chi connectivity index (χ4v) is 1.18. The molecule has 0 aliphatic heterocycles. The van der Waals surface area contributed by atoms with Crippen LogP contribution in [0.5, 0.6) is 0 Å². The summed E-state index contributed by atoms with van der Waals surface area (Å²) in [6, 6.07) is 8.40. The van der Waals surface area contributed by atoms with Gasteiger partial charge in [-0.15, -0.1) is 0 Å². The largest absolute Gasteiger partial charge is 1.00 e. The molecule has 0 saturated heterocycles. The van der Waals surface area contributed by atoms with Crippen molar-refractivity contribution in [3.05, 3.63) is 35.9 Å². The van der Waals surface area contributed by atoms with Crippen molar-refractivity contribution in [1.29, 1.82) is 0 Å². The molecule has 0 heterocycles. The molecule has 0 aromatic heterocycles. The van der Waals surface area contributed by atoms with Crippen LogP contribution in [0.3, 0.4) is 0 Å². The third kappa shape index (κ3) is 4.84. The molecular weight excluding hydrogens is 202 g/mol. The summed E-state index contributed by atoms with van der Waals surface area (Å²) in [6.07, 6.45) is 0. The van der Waals surface area contributed by atoms with Crippen LogP contribution in [-0.2, 0) is 4.57 Å². The second-order valence-corrected chi connectivity index (χ2v) is 3.18. The van der Waals surface area contributed by atoms with Crippen LogP contribution in [0, 0.1) is 0 Å². The van der Waals surface area contributed by atoms with Crippen LogP contribution in [0.4, 0.5) is 0 Å². The van der Waals surface area contributed by atoms with Gasteiger partial charge in [0.05, 0.1) is 0 Å². The Morgan fingerprint density at radius 2 is 1.77 bits per heavy atom. The second-order valence-electron chi connectivity index (χ2n) is 2.09. The number of aliphatic hydroxyl groups excluding tert-OH is 1. The monoisotopic (exact) mass is 213 g/mol. The minimum atomic E-state index is -2.53. The summed E-state index contributed by atoms with van der Waals surface area (Å²) in [5.74, 6) is -1.26. The van der Waals surface area contributed by atoms with Crippen molar-refractivity contribution >= 4 is 8.03 Å². The van der Waals surface area contributed by atoms with Crippen LogP contribution >= 0.6 is 8.03 Å². The third-order valence-corrected chi connectivity index (χ3v) is 2.02. The molecule has 1 rings (SSSR count). The Morgan fingerprint density at radius 3 is 2.15 bits per heavy atom. The number of hydrogen-bond acceptors (Lipinski definition) is 2.